The first-order valence-electron chi connectivity index (χ1n) is 5.81. The Morgan fingerprint density at radius 3 is 2.75 bits per heavy atom. The Kier molecular flexibility index (Phi) is 3.56. The smallest absolute Gasteiger partial charge is 0.257 e. The van der Waals surface area contributed by atoms with Crippen molar-refractivity contribution >= 4 is 5.91 Å². The molecule has 0 aromatic carbocycles. The van der Waals surface area contributed by atoms with Crippen LogP contribution in [0.5, 0.6) is 0 Å². The highest BCUT2D eigenvalue weighted by molar-refractivity contribution is 5.93. The third kappa shape index (κ3) is 2.41. The largest absolute Gasteiger partial charge is 0.336 e. The van der Waals surface area contributed by atoms with E-state index in [0.717, 1.165) is 32.7 Å². The van der Waals surface area contributed by atoms with Crippen molar-refractivity contribution in [3.05, 3.63) is 18.0 Å². The van der Waals surface area contributed by atoms with Gasteiger partial charge in [0, 0.05) is 32.4 Å². The van der Waals surface area contributed by atoms with E-state index in [1.54, 1.807) is 12.4 Å². The molecule has 5 heteroatoms. The van der Waals surface area contributed by atoms with Gasteiger partial charge in [0.05, 0.1) is 11.8 Å². The van der Waals surface area contributed by atoms with Crippen molar-refractivity contribution in [2.24, 2.45) is 0 Å². The molecule has 0 bridgehead atoms. The lowest BCUT2D eigenvalue weighted by Gasteiger charge is -2.34. The second-order valence-electron chi connectivity index (χ2n) is 4.12. The molecule has 1 N–H and O–H groups in total. The number of rotatable bonds is 3. The summed E-state index contributed by atoms with van der Waals surface area (Å²) in [7, 11) is 0. The van der Waals surface area contributed by atoms with Gasteiger partial charge in [0.1, 0.15) is 0 Å². The Bertz CT molecular complexity index is 328. The summed E-state index contributed by atoms with van der Waals surface area (Å²) in [4.78, 5) is 16.3. The number of nitrogens with one attached hydrogen (secondary N) is 1. The molecular formula is C11H18N4O. The van der Waals surface area contributed by atoms with Crippen LogP contribution in [-0.2, 0) is 0 Å². The molecule has 1 amide bonds. The van der Waals surface area contributed by atoms with Crippen LogP contribution in [-0.4, -0.2) is 58.6 Å². The molecule has 2 rings (SSSR count). The molecule has 0 aliphatic carbocycles. The van der Waals surface area contributed by atoms with Crippen molar-refractivity contribution in [1.82, 2.24) is 20.0 Å². The molecule has 1 aromatic rings. The first kappa shape index (κ1) is 11.1. The van der Waals surface area contributed by atoms with Gasteiger partial charge in [-0.3, -0.25) is 14.8 Å². The molecule has 1 saturated heterocycles. The van der Waals surface area contributed by atoms with Gasteiger partial charge in [0.25, 0.3) is 5.91 Å². The number of nitrogens with zero attached hydrogens (tertiary/aromatic N) is 3. The molecule has 16 heavy (non-hydrogen) atoms. The van der Waals surface area contributed by atoms with Crippen LogP contribution in [0.3, 0.4) is 0 Å². The molecule has 1 aliphatic rings. The zero-order valence-corrected chi connectivity index (χ0v) is 9.65. The quantitative estimate of drug-likeness (QED) is 0.814. The number of amides is 1. The third-order valence-corrected chi connectivity index (χ3v) is 2.94. The summed E-state index contributed by atoms with van der Waals surface area (Å²) < 4.78 is 0. The summed E-state index contributed by atoms with van der Waals surface area (Å²) in [5.41, 5.74) is 0.656. The zero-order valence-electron chi connectivity index (χ0n) is 9.65. The topological polar surface area (TPSA) is 52.2 Å². The minimum Gasteiger partial charge on any atom is -0.336 e. The first-order chi connectivity index (χ1) is 7.81. The highest BCUT2D eigenvalue weighted by Gasteiger charge is 2.21. The van der Waals surface area contributed by atoms with Crippen molar-refractivity contribution in [1.29, 1.82) is 0 Å². The maximum atomic E-state index is 12.0. The van der Waals surface area contributed by atoms with Crippen LogP contribution >= 0.6 is 0 Å². The Balaban J connectivity index is 1.87. The number of H-pyrrole nitrogens is 1. The van der Waals surface area contributed by atoms with E-state index < -0.39 is 0 Å². The highest BCUT2D eigenvalue weighted by atomic mass is 16.2. The minimum absolute atomic E-state index is 0.0879. The van der Waals surface area contributed by atoms with Crippen LogP contribution in [0, 0.1) is 0 Å². The first-order valence-corrected chi connectivity index (χ1v) is 5.81. The Hall–Kier alpha value is -1.36. The third-order valence-electron chi connectivity index (χ3n) is 2.94. The van der Waals surface area contributed by atoms with E-state index in [-0.39, 0.29) is 5.91 Å². The fourth-order valence-corrected chi connectivity index (χ4v) is 2.04. The molecule has 0 radical (unpaired) electrons. The lowest BCUT2D eigenvalue weighted by atomic mass is 10.2. The van der Waals surface area contributed by atoms with Gasteiger partial charge in [0.2, 0.25) is 0 Å². The lowest BCUT2D eigenvalue weighted by Crippen LogP contribution is -2.48. The molecule has 0 unspecified atom stereocenters. The van der Waals surface area contributed by atoms with Gasteiger partial charge in [-0.05, 0) is 13.0 Å². The van der Waals surface area contributed by atoms with Gasteiger partial charge in [-0.25, -0.2) is 0 Å². The summed E-state index contributed by atoms with van der Waals surface area (Å²) in [5.74, 6) is 0.0879. The predicted octanol–water partition coefficient (Wildman–Crippen LogP) is 0.577. The number of aromatic amines is 1. The van der Waals surface area contributed by atoms with E-state index in [2.05, 4.69) is 22.0 Å². The number of piperazine rings is 1. The van der Waals surface area contributed by atoms with Crippen LogP contribution in [0.25, 0.3) is 0 Å². The van der Waals surface area contributed by atoms with Gasteiger partial charge in [0.15, 0.2) is 0 Å². The molecule has 1 aromatic heterocycles. The maximum Gasteiger partial charge on any atom is 0.257 e. The minimum atomic E-state index is 0.0879. The van der Waals surface area contributed by atoms with Gasteiger partial charge >= 0.3 is 0 Å². The Morgan fingerprint density at radius 1 is 1.44 bits per heavy atom. The average Bonchev–Trinajstić information content (AvgIpc) is 2.83. The molecule has 1 aliphatic heterocycles. The standard InChI is InChI=1S/C11H18N4O/c1-2-3-14-4-6-15(7-5-14)11(16)10-8-12-13-9-10/h8-9H,2-7H2,1H3,(H,12,13). The molecule has 1 fully saturated rings. The van der Waals surface area contributed by atoms with Crippen LogP contribution < -0.4 is 0 Å². The Labute approximate surface area is 95.4 Å². The summed E-state index contributed by atoms with van der Waals surface area (Å²) in [6.07, 6.45) is 4.41. The number of aromatic nitrogens is 2. The second kappa shape index (κ2) is 5.12. The average molecular weight is 222 g/mol. The van der Waals surface area contributed by atoms with E-state index in [9.17, 15) is 4.79 Å². The molecule has 88 valence electrons. The molecule has 0 atom stereocenters. The summed E-state index contributed by atoms with van der Waals surface area (Å²) in [5, 5.41) is 6.47. The number of carbonyl (C=O) groups excluding carboxylic acids is 1. The van der Waals surface area contributed by atoms with Crippen molar-refractivity contribution in [2.45, 2.75) is 13.3 Å². The van der Waals surface area contributed by atoms with Gasteiger partial charge in [-0.15, -0.1) is 0 Å². The summed E-state index contributed by atoms with van der Waals surface area (Å²) in [6, 6.07) is 0. The summed E-state index contributed by atoms with van der Waals surface area (Å²) >= 11 is 0. The monoisotopic (exact) mass is 222 g/mol. The summed E-state index contributed by atoms with van der Waals surface area (Å²) in [6.45, 7) is 6.93. The normalized spacial score (nSPS) is 17.7. The SMILES string of the molecule is CCCN1CCN(C(=O)c2cn[nH]c2)CC1. The fraction of sp³-hybridized carbons (Fsp3) is 0.636. The number of hydrogen-bond acceptors (Lipinski definition) is 3. The fourth-order valence-electron chi connectivity index (χ4n) is 2.04. The van der Waals surface area contributed by atoms with E-state index in [1.165, 1.54) is 6.42 Å². The Morgan fingerprint density at radius 2 is 2.19 bits per heavy atom. The molecule has 0 saturated carbocycles. The van der Waals surface area contributed by atoms with Crippen LogP contribution in [0.2, 0.25) is 0 Å². The van der Waals surface area contributed by atoms with Crippen molar-refractivity contribution in [3.63, 3.8) is 0 Å². The van der Waals surface area contributed by atoms with E-state index in [4.69, 9.17) is 0 Å². The molecule has 0 spiro atoms. The lowest BCUT2D eigenvalue weighted by molar-refractivity contribution is 0.0637. The number of hydrogen-bond donors (Lipinski definition) is 1. The zero-order chi connectivity index (χ0) is 11.4. The maximum absolute atomic E-state index is 12.0. The molecular weight excluding hydrogens is 204 g/mol. The highest BCUT2D eigenvalue weighted by Crippen LogP contribution is 2.07. The van der Waals surface area contributed by atoms with Crippen molar-refractivity contribution in [2.75, 3.05) is 32.7 Å². The van der Waals surface area contributed by atoms with E-state index >= 15 is 0 Å². The van der Waals surface area contributed by atoms with Crippen LogP contribution in [0.1, 0.15) is 23.7 Å². The van der Waals surface area contributed by atoms with Gasteiger partial charge in [-0.2, -0.15) is 5.10 Å². The van der Waals surface area contributed by atoms with E-state index in [1.807, 2.05) is 4.90 Å². The van der Waals surface area contributed by atoms with Crippen LogP contribution in [0.4, 0.5) is 0 Å². The van der Waals surface area contributed by atoms with Crippen LogP contribution in [0.15, 0.2) is 12.4 Å². The van der Waals surface area contributed by atoms with Crippen molar-refractivity contribution in [3.8, 4) is 0 Å². The predicted molar refractivity (Wildman–Crippen MR) is 61.2 cm³/mol. The second-order valence-corrected chi connectivity index (χ2v) is 4.12. The molecule has 2 heterocycles. The van der Waals surface area contributed by atoms with Crippen molar-refractivity contribution < 1.29 is 4.79 Å². The van der Waals surface area contributed by atoms with Gasteiger partial charge in [-0.1, -0.05) is 6.92 Å². The molecule has 5 nitrogen and oxygen atoms in total. The van der Waals surface area contributed by atoms with E-state index in [0.29, 0.717) is 5.56 Å². The van der Waals surface area contributed by atoms with Gasteiger partial charge < -0.3 is 4.90 Å². The number of carbonyl (C=O) groups is 1.